The highest BCUT2D eigenvalue weighted by Gasteiger charge is 2.41. The van der Waals surface area contributed by atoms with Crippen molar-refractivity contribution in [2.24, 2.45) is 5.41 Å². The number of hydrogen-bond acceptors (Lipinski definition) is 3. The Bertz CT molecular complexity index is 419. The van der Waals surface area contributed by atoms with Crippen LogP contribution in [0.4, 0.5) is 4.39 Å². The van der Waals surface area contributed by atoms with Gasteiger partial charge in [0.2, 0.25) is 0 Å². The van der Waals surface area contributed by atoms with Gasteiger partial charge < -0.3 is 15.4 Å². The van der Waals surface area contributed by atoms with E-state index >= 15 is 0 Å². The fourth-order valence-electron chi connectivity index (χ4n) is 2.49. The lowest BCUT2D eigenvalue weighted by Gasteiger charge is -2.15. The van der Waals surface area contributed by atoms with Crippen LogP contribution in [-0.4, -0.2) is 33.8 Å². The normalized spacial score (nSPS) is 16.4. The van der Waals surface area contributed by atoms with E-state index in [0.717, 1.165) is 37.4 Å². The predicted molar refractivity (Wildman–Crippen MR) is 75.1 cm³/mol. The molecule has 0 amide bonds. The summed E-state index contributed by atoms with van der Waals surface area (Å²) in [4.78, 5) is 0. The average molecular weight is 266 g/mol. The molecular weight excluding hydrogens is 243 g/mol. The molecule has 0 radical (unpaired) electrons. The molecule has 3 nitrogen and oxygen atoms in total. The molecule has 1 saturated carbocycles. The summed E-state index contributed by atoms with van der Waals surface area (Å²) in [6, 6.07) is 4.68. The number of nitrogens with one attached hydrogen (secondary N) is 2. The Hall–Kier alpha value is -1.13. The molecule has 2 N–H and O–H groups in total. The van der Waals surface area contributed by atoms with E-state index in [1.165, 1.54) is 18.9 Å². The number of rotatable bonds is 8. The molecule has 106 valence electrons. The van der Waals surface area contributed by atoms with E-state index in [0.29, 0.717) is 5.41 Å². The number of methoxy groups -OCH3 is 1. The van der Waals surface area contributed by atoms with Crippen LogP contribution < -0.4 is 15.4 Å². The first-order chi connectivity index (χ1) is 9.19. The zero-order valence-corrected chi connectivity index (χ0v) is 11.8. The average Bonchev–Trinajstić information content (AvgIpc) is 3.16. The summed E-state index contributed by atoms with van der Waals surface area (Å²) < 4.78 is 18.5. The molecule has 0 spiro atoms. The summed E-state index contributed by atoms with van der Waals surface area (Å²) >= 11 is 0. The third-order valence-electron chi connectivity index (χ3n) is 3.82. The van der Waals surface area contributed by atoms with Crippen molar-refractivity contribution in [2.75, 3.05) is 33.8 Å². The minimum Gasteiger partial charge on any atom is -0.496 e. The van der Waals surface area contributed by atoms with Crippen molar-refractivity contribution >= 4 is 0 Å². The minimum absolute atomic E-state index is 0.204. The molecule has 0 heterocycles. The summed E-state index contributed by atoms with van der Waals surface area (Å²) in [6.07, 6.45) is 3.38. The van der Waals surface area contributed by atoms with Gasteiger partial charge in [0.05, 0.1) is 7.11 Å². The summed E-state index contributed by atoms with van der Waals surface area (Å²) in [5.74, 6) is 0.559. The molecule has 1 aromatic carbocycles. The van der Waals surface area contributed by atoms with Crippen molar-refractivity contribution in [3.05, 3.63) is 29.6 Å². The standard InChI is InChI=1S/C15H23FN2O/c1-17-10-15(6-7-15)11-18-8-5-12-9-13(16)3-4-14(12)19-2/h3-4,9,17-18H,5-8,10-11H2,1-2H3. The Morgan fingerprint density at radius 2 is 2.11 bits per heavy atom. The van der Waals surface area contributed by atoms with Gasteiger partial charge in [-0.1, -0.05) is 0 Å². The Morgan fingerprint density at radius 3 is 2.74 bits per heavy atom. The largest absolute Gasteiger partial charge is 0.496 e. The second-order valence-corrected chi connectivity index (χ2v) is 5.41. The topological polar surface area (TPSA) is 33.3 Å². The fraction of sp³-hybridized carbons (Fsp3) is 0.600. The molecule has 4 heteroatoms. The Morgan fingerprint density at radius 1 is 1.32 bits per heavy atom. The van der Waals surface area contributed by atoms with E-state index in [4.69, 9.17) is 4.74 Å². The van der Waals surface area contributed by atoms with Crippen molar-refractivity contribution in [2.45, 2.75) is 19.3 Å². The SMILES string of the molecule is CNCC1(CNCCc2cc(F)ccc2OC)CC1. The first-order valence-electron chi connectivity index (χ1n) is 6.87. The summed E-state index contributed by atoms with van der Waals surface area (Å²) in [7, 11) is 3.62. The molecule has 0 atom stereocenters. The molecule has 19 heavy (non-hydrogen) atoms. The van der Waals surface area contributed by atoms with Gasteiger partial charge in [0.15, 0.2) is 0 Å². The van der Waals surface area contributed by atoms with Crippen LogP contribution >= 0.6 is 0 Å². The van der Waals surface area contributed by atoms with Gasteiger partial charge in [-0.25, -0.2) is 4.39 Å². The maximum absolute atomic E-state index is 13.2. The van der Waals surface area contributed by atoms with Crippen molar-refractivity contribution in [3.8, 4) is 5.75 Å². The van der Waals surface area contributed by atoms with Gasteiger partial charge in [-0.15, -0.1) is 0 Å². The van der Waals surface area contributed by atoms with E-state index in [2.05, 4.69) is 10.6 Å². The monoisotopic (exact) mass is 266 g/mol. The molecule has 1 aliphatic carbocycles. The quantitative estimate of drug-likeness (QED) is 0.706. The maximum atomic E-state index is 13.2. The molecule has 0 saturated heterocycles. The molecular formula is C15H23FN2O. The van der Waals surface area contributed by atoms with E-state index in [1.54, 1.807) is 19.2 Å². The van der Waals surface area contributed by atoms with Crippen molar-refractivity contribution < 1.29 is 9.13 Å². The lowest BCUT2D eigenvalue weighted by atomic mass is 10.1. The summed E-state index contributed by atoms with van der Waals surface area (Å²) in [6.45, 7) is 2.96. The highest BCUT2D eigenvalue weighted by atomic mass is 19.1. The van der Waals surface area contributed by atoms with E-state index in [9.17, 15) is 4.39 Å². The molecule has 0 aliphatic heterocycles. The van der Waals surface area contributed by atoms with Crippen LogP contribution in [0.15, 0.2) is 18.2 Å². The second kappa shape index (κ2) is 6.35. The van der Waals surface area contributed by atoms with Gasteiger partial charge in [-0.3, -0.25) is 0 Å². The number of halogens is 1. The molecule has 0 bridgehead atoms. The van der Waals surface area contributed by atoms with Crippen LogP contribution in [0.3, 0.4) is 0 Å². The Balaban J connectivity index is 1.78. The lowest BCUT2D eigenvalue weighted by molar-refractivity contribution is 0.405. The highest BCUT2D eigenvalue weighted by Crippen LogP contribution is 2.44. The molecule has 1 aliphatic rings. The molecule has 0 aromatic heterocycles. The van der Waals surface area contributed by atoms with Crippen LogP contribution in [0.25, 0.3) is 0 Å². The van der Waals surface area contributed by atoms with Gasteiger partial charge in [0.1, 0.15) is 11.6 Å². The fourth-order valence-corrected chi connectivity index (χ4v) is 2.49. The highest BCUT2D eigenvalue weighted by molar-refractivity contribution is 5.34. The maximum Gasteiger partial charge on any atom is 0.123 e. The number of benzene rings is 1. The molecule has 2 rings (SSSR count). The van der Waals surface area contributed by atoms with E-state index in [1.807, 2.05) is 7.05 Å². The van der Waals surface area contributed by atoms with Crippen LogP contribution in [0.1, 0.15) is 18.4 Å². The first-order valence-corrected chi connectivity index (χ1v) is 6.87. The summed E-state index contributed by atoms with van der Waals surface area (Å²) in [5.41, 5.74) is 1.38. The lowest BCUT2D eigenvalue weighted by Crippen LogP contribution is -2.32. The van der Waals surface area contributed by atoms with Gasteiger partial charge in [0.25, 0.3) is 0 Å². The zero-order chi connectivity index (χ0) is 13.7. The van der Waals surface area contributed by atoms with Crippen molar-refractivity contribution in [1.82, 2.24) is 10.6 Å². The molecule has 1 fully saturated rings. The van der Waals surface area contributed by atoms with Gasteiger partial charge in [-0.2, -0.15) is 0 Å². The molecule has 1 aromatic rings. The number of ether oxygens (including phenoxy) is 1. The third kappa shape index (κ3) is 3.91. The van der Waals surface area contributed by atoms with Gasteiger partial charge >= 0.3 is 0 Å². The third-order valence-corrected chi connectivity index (χ3v) is 3.82. The van der Waals surface area contributed by atoms with E-state index in [-0.39, 0.29) is 5.82 Å². The first kappa shape index (κ1) is 14.3. The van der Waals surface area contributed by atoms with Crippen LogP contribution in [0.2, 0.25) is 0 Å². The van der Waals surface area contributed by atoms with Gasteiger partial charge in [0, 0.05) is 13.1 Å². The molecule has 0 unspecified atom stereocenters. The van der Waals surface area contributed by atoms with Gasteiger partial charge in [-0.05, 0) is 62.0 Å². The van der Waals surface area contributed by atoms with Crippen molar-refractivity contribution in [3.63, 3.8) is 0 Å². The zero-order valence-electron chi connectivity index (χ0n) is 11.8. The van der Waals surface area contributed by atoms with Crippen LogP contribution in [0.5, 0.6) is 5.75 Å². The smallest absolute Gasteiger partial charge is 0.123 e. The Labute approximate surface area is 114 Å². The minimum atomic E-state index is -0.204. The Kier molecular flexibility index (Phi) is 4.77. The van der Waals surface area contributed by atoms with Crippen LogP contribution in [0, 0.1) is 11.2 Å². The second-order valence-electron chi connectivity index (χ2n) is 5.41. The predicted octanol–water partition coefficient (Wildman–Crippen LogP) is 1.97. The van der Waals surface area contributed by atoms with Crippen molar-refractivity contribution in [1.29, 1.82) is 0 Å². The van der Waals surface area contributed by atoms with Crippen LogP contribution in [-0.2, 0) is 6.42 Å². The summed E-state index contributed by atoms with van der Waals surface area (Å²) in [5, 5.41) is 6.72. The van der Waals surface area contributed by atoms with E-state index < -0.39 is 0 Å². The number of hydrogen-bond donors (Lipinski definition) is 2.